The number of allylic oxidation sites excluding steroid dienone is 16. The minimum absolute atomic E-state index is 0.0878. The summed E-state index contributed by atoms with van der Waals surface area (Å²) < 4.78 is 16.9. The van der Waals surface area contributed by atoms with Gasteiger partial charge in [-0.15, -0.1) is 0 Å². The summed E-state index contributed by atoms with van der Waals surface area (Å²) in [5, 5.41) is 0. The van der Waals surface area contributed by atoms with E-state index in [1.807, 2.05) is 0 Å². The Balaban J connectivity index is 4.31. The van der Waals surface area contributed by atoms with Crippen LogP contribution in [0, 0.1) is 0 Å². The number of hydrogen-bond donors (Lipinski definition) is 0. The van der Waals surface area contributed by atoms with Crippen LogP contribution in [0.25, 0.3) is 0 Å². The molecule has 0 N–H and O–H groups in total. The van der Waals surface area contributed by atoms with Gasteiger partial charge < -0.3 is 14.2 Å². The van der Waals surface area contributed by atoms with E-state index in [0.717, 1.165) is 128 Å². The molecule has 0 radical (unpaired) electrons. The van der Waals surface area contributed by atoms with Gasteiger partial charge in [0.25, 0.3) is 0 Å². The van der Waals surface area contributed by atoms with E-state index in [-0.39, 0.29) is 31.1 Å². The standard InChI is InChI=1S/C65H110O6/c1-4-7-10-13-16-19-22-25-27-28-29-30-31-32-33-34-35-36-38-40-43-46-49-52-55-58-64(67)70-61-62(60-69-63(66)57-54-51-48-45-42-39-24-21-18-15-12-9-6-3)71-65(68)59-56-53-50-47-44-41-37-26-23-20-17-14-11-8-5-2/h7-8,10-11,16-17,19-21,24-27,29-30,37,62H,4-6,9,12-15,18,22-23,28,31-36,38-61H2,1-3H3/b10-7-,11-8-,19-16-,20-17-,24-21-,27-25-,30-29-,37-26-. The summed E-state index contributed by atoms with van der Waals surface area (Å²) in [5.74, 6) is -0.911. The molecule has 0 heterocycles. The highest BCUT2D eigenvalue weighted by Gasteiger charge is 2.19. The van der Waals surface area contributed by atoms with Gasteiger partial charge in [0.15, 0.2) is 6.10 Å². The molecule has 0 saturated heterocycles. The molecule has 0 aromatic rings. The molecule has 0 aliphatic rings. The van der Waals surface area contributed by atoms with E-state index in [9.17, 15) is 14.4 Å². The van der Waals surface area contributed by atoms with Crippen molar-refractivity contribution in [1.82, 2.24) is 0 Å². The van der Waals surface area contributed by atoms with Crippen molar-refractivity contribution >= 4 is 17.9 Å². The molecule has 0 aromatic carbocycles. The van der Waals surface area contributed by atoms with Crippen LogP contribution in [-0.4, -0.2) is 37.2 Å². The molecule has 6 nitrogen and oxygen atoms in total. The Morgan fingerprint density at radius 1 is 0.296 bits per heavy atom. The Kier molecular flexibility index (Phi) is 55.9. The lowest BCUT2D eigenvalue weighted by Crippen LogP contribution is -2.30. The lowest BCUT2D eigenvalue weighted by Gasteiger charge is -2.18. The fourth-order valence-electron chi connectivity index (χ4n) is 8.15. The van der Waals surface area contributed by atoms with Gasteiger partial charge in [0.2, 0.25) is 0 Å². The number of hydrogen-bond acceptors (Lipinski definition) is 6. The van der Waals surface area contributed by atoms with Crippen LogP contribution in [0.4, 0.5) is 0 Å². The van der Waals surface area contributed by atoms with Crippen molar-refractivity contribution in [3.63, 3.8) is 0 Å². The van der Waals surface area contributed by atoms with Gasteiger partial charge in [0.05, 0.1) is 0 Å². The largest absolute Gasteiger partial charge is 0.462 e. The Bertz CT molecular complexity index is 1410. The Morgan fingerprint density at radius 3 is 0.873 bits per heavy atom. The molecule has 0 spiro atoms. The van der Waals surface area contributed by atoms with Gasteiger partial charge in [-0.25, -0.2) is 0 Å². The Morgan fingerprint density at radius 2 is 0.549 bits per heavy atom. The third-order valence-electron chi connectivity index (χ3n) is 12.6. The summed E-state index contributed by atoms with van der Waals surface area (Å²) in [6.45, 7) is 6.39. The molecule has 6 heteroatoms. The van der Waals surface area contributed by atoms with Crippen molar-refractivity contribution in [2.45, 2.75) is 284 Å². The van der Waals surface area contributed by atoms with Crippen molar-refractivity contribution in [3.05, 3.63) is 97.2 Å². The van der Waals surface area contributed by atoms with Gasteiger partial charge in [0.1, 0.15) is 13.2 Å². The summed E-state index contributed by atoms with van der Waals surface area (Å²) in [6.07, 6.45) is 78.3. The minimum atomic E-state index is -0.791. The van der Waals surface area contributed by atoms with Crippen molar-refractivity contribution in [2.24, 2.45) is 0 Å². The maximum atomic E-state index is 12.8. The molecule has 0 fully saturated rings. The molecule has 406 valence electrons. The van der Waals surface area contributed by atoms with Gasteiger partial charge in [-0.1, -0.05) is 240 Å². The lowest BCUT2D eigenvalue weighted by atomic mass is 10.0. The van der Waals surface area contributed by atoms with E-state index < -0.39 is 6.10 Å². The molecular formula is C65H110O6. The number of ether oxygens (including phenoxy) is 3. The van der Waals surface area contributed by atoms with Crippen LogP contribution in [0.1, 0.15) is 278 Å². The molecule has 0 aromatic heterocycles. The normalized spacial score (nSPS) is 12.8. The van der Waals surface area contributed by atoms with Crippen LogP contribution < -0.4 is 0 Å². The van der Waals surface area contributed by atoms with Crippen molar-refractivity contribution in [3.8, 4) is 0 Å². The van der Waals surface area contributed by atoms with Crippen molar-refractivity contribution < 1.29 is 28.6 Å². The predicted octanol–water partition coefficient (Wildman–Crippen LogP) is 20.1. The van der Waals surface area contributed by atoms with Gasteiger partial charge in [-0.2, -0.15) is 0 Å². The SMILES string of the molecule is CC/C=C\C/C=C\C/C=C\C/C=C\CCCCCCCCCCCCCCC(=O)OCC(COC(=O)CCCCCCC/C=C\CCCCCC)OC(=O)CCCCCCC/C=C\C/C=C\C/C=C\CC. The number of unbranched alkanes of at least 4 members (excludes halogenated alkanes) is 26. The summed E-state index contributed by atoms with van der Waals surface area (Å²) in [6, 6.07) is 0. The summed E-state index contributed by atoms with van der Waals surface area (Å²) in [7, 11) is 0. The van der Waals surface area contributed by atoms with Crippen LogP contribution in [0.15, 0.2) is 97.2 Å². The maximum Gasteiger partial charge on any atom is 0.306 e. The fraction of sp³-hybridized carbons (Fsp3) is 0.708. The average molecular weight is 988 g/mol. The van der Waals surface area contributed by atoms with Gasteiger partial charge in [-0.05, 0) is 116 Å². The summed E-state index contributed by atoms with van der Waals surface area (Å²) >= 11 is 0. The molecule has 0 aliphatic heterocycles. The predicted molar refractivity (Wildman–Crippen MR) is 307 cm³/mol. The third-order valence-corrected chi connectivity index (χ3v) is 12.6. The van der Waals surface area contributed by atoms with Gasteiger partial charge in [-0.3, -0.25) is 14.4 Å². The van der Waals surface area contributed by atoms with Crippen LogP contribution >= 0.6 is 0 Å². The van der Waals surface area contributed by atoms with Gasteiger partial charge in [0, 0.05) is 19.3 Å². The monoisotopic (exact) mass is 987 g/mol. The number of carbonyl (C=O) groups is 3. The van der Waals surface area contributed by atoms with Crippen LogP contribution in [0.3, 0.4) is 0 Å². The molecule has 1 unspecified atom stereocenters. The minimum Gasteiger partial charge on any atom is -0.462 e. The molecule has 0 amide bonds. The highest BCUT2D eigenvalue weighted by atomic mass is 16.6. The van der Waals surface area contributed by atoms with E-state index in [1.165, 1.54) is 109 Å². The second-order valence-electron chi connectivity index (χ2n) is 19.5. The van der Waals surface area contributed by atoms with E-state index in [4.69, 9.17) is 14.2 Å². The van der Waals surface area contributed by atoms with Crippen molar-refractivity contribution in [2.75, 3.05) is 13.2 Å². The number of esters is 3. The van der Waals surface area contributed by atoms with Crippen molar-refractivity contribution in [1.29, 1.82) is 0 Å². The second-order valence-corrected chi connectivity index (χ2v) is 19.5. The van der Waals surface area contributed by atoms with E-state index >= 15 is 0 Å². The highest BCUT2D eigenvalue weighted by molar-refractivity contribution is 5.71. The van der Waals surface area contributed by atoms with Crippen LogP contribution in [-0.2, 0) is 28.6 Å². The first kappa shape index (κ1) is 67.3. The molecule has 71 heavy (non-hydrogen) atoms. The lowest BCUT2D eigenvalue weighted by molar-refractivity contribution is -0.167. The number of carbonyl (C=O) groups excluding carboxylic acids is 3. The summed E-state index contributed by atoms with van der Waals surface area (Å²) in [5.41, 5.74) is 0. The summed E-state index contributed by atoms with van der Waals surface area (Å²) in [4.78, 5) is 38.2. The van der Waals surface area contributed by atoms with Gasteiger partial charge >= 0.3 is 17.9 Å². The Hall–Kier alpha value is -3.67. The zero-order chi connectivity index (χ0) is 51.4. The first-order valence-corrected chi connectivity index (χ1v) is 29.7. The second kappa shape index (κ2) is 58.9. The van der Waals surface area contributed by atoms with Crippen LogP contribution in [0.5, 0.6) is 0 Å². The number of rotatable bonds is 53. The molecular weight excluding hydrogens is 877 g/mol. The molecule has 0 aliphatic carbocycles. The topological polar surface area (TPSA) is 78.9 Å². The third kappa shape index (κ3) is 57.1. The fourth-order valence-corrected chi connectivity index (χ4v) is 8.15. The molecule has 0 bridgehead atoms. The highest BCUT2D eigenvalue weighted by Crippen LogP contribution is 2.15. The zero-order valence-corrected chi connectivity index (χ0v) is 46.5. The van der Waals surface area contributed by atoms with Crippen LogP contribution in [0.2, 0.25) is 0 Å². The Labute approximate surface area is 438 Å². The molecule has 0 saturated carbocycles. The molecule has 0 rings (SSSR count). The zero-order valence-electron chi connectivity index (χ0n) is 46.5. The first-order valence-electron chi connectivity index (χ1n) is 29.7. The maximum absolute atomic E-state index is 12.8. The molecule has 1 atom stereocenters. The van der Waals surface area contributed by atoms with E-state index in [0.29, 0.717) is 19.3 Å². The first-order chi connectivity index (χ1) is 35.0. The van der Waals surface area contributed by atoms with E-state index in [1.54, 1.807) is 0 Å². The quantitative estimate of drug-likeness (QED) is 0.0261. The van der Waals surface area contributed by atoms with E-state index in [2.05, 4.69) is 118 Å². The average Bonchev–Trinajstić information content (AvgIpc) is 3.37. The smallest absolute Gasteiger partial charge is 0.306 e.